The van der Waals surface area contributed by atoms with Crippen LogP contribution in [0.3, 0.4) is 0 Å². The summed E-state index contributed by atoms with van der Waals surface area (Å²) in [5, 5.41) is 0.679. The summed E-state index contributed by atoms with van der Waals surface area (Å²) in [5.41, 5.74) is 3.32. The highest BCUT2D eigenvalue weighted by Crippen LogP contribution is 2.32. The van der Waals surface area contributed by atoms with E-state index < -0.39 is 0 Å². The van der Waals surface area contributed by atoms with Crippen LogP contribution in [0.2, 0.25) is 5.02 Å². The largest absolute Gasteiger partial charge is 0.466 e. The summed E-state index contributed by atoms with van der Waals surface area (Å²) in [4.78, 5) is 26.4. The first kappa shape index (κ1) is 23.9. The van der Waals surface area contributed by atoms with Crippen molar-refractivity contribution in [1.82, 2.24) is 4.90 Å². The second-order valence-electron chi connectivity index (χ2n) is 8.33. The number of nitrogens with zero attached hydrogens (tertiary/aromatic N) is 1. The number of ether oxygens (including phenoxy) is 2. The van der Waals surface area contributed by atoms with Crippen LogP contribution < -0.4 is 10.2 Å². The average molecular weight is 474 g/mol. The Morgan fingerprint density at radius 3 is 2.68 bits per heavy atom. The van der Waals surface area contributed by atoms with Crippen molar-refractivity contribution in [3.05, 3.63) is 88.4 Å². The minimum absolute atomic E-state index is 0.0877. The molecule has 1 unspecified atom stereocenters. The van der Waals surface area contributed by atoms with Gasteiger partial charge in [-0.2, -0.15) is 0 Å². The van der Waals surface area contributed by atoms with Crippen LogP contribution in [0.4, 0.5) is 0 Å². The monoisotopic (exact) mass is 473 g/mol. The summed E-state index contributed by atoms with van der Waals surface area (Å²) in [6, 6.07) is 20.4. The van der Waals surface area contributed by atoms with Gasteiger partial charge in [-0.05, 0) is 48.4 Å². The molecule has 1 aliphatic rings. The SMILES string of the molecule is [B]c1ccc(Oc2cccc(CC(=O)OCC)c2)c(CN2CC(c3ccc(Cl)cc3)CC2=O)c1. The Balaban J connectivity index is 1.49. The molecule has 0 saturated carbocycles. The van der Waals surface area contributed by atoms with Gasteiger partial charge < -0.3 is 14.4 Å². The van der Waals surface area contributed by atoms with Crippen LogP contribution in [0.5, 0.6) is 11.5 Å². The summed E-state index contributed by atoms with van der Waals surface area (Å²) in [6.07, 6.45) is 0.629. The molecule has 7 heteroatoms. The summed E-state index contributed by atoms with van der Waals surface area (Å²) < 4.78 is 11.2. The fraction of sp³-hybridized carbons (Fsp3) is 0.259. The summed E-state index contributed by atoms with van der Waals surface area (Å²) in [5.74, 6) is 1.14. The molecule has 0 aliphatic carbocycles. The van der Waals surface area contributed by atoms with E-state index in [0.717, 1.165) is 16.7 Å². The minimum atomic E-state index is -0.282. The van der Waals surface area contributed by atoms with Crippen LogP contribution in [-0.2, 0) is 27.3 Å². The third-order valence-electron chi connectivity index (χ3n) is 5.78. The maximum absolute atomic E-state index is 12.8. The topological polar surface area (TPSA) is 55.8 Å². The molecule has 3 aromatic rings. The Kier molecular flexibility index (Phi) is 7.58. The average Bonchev–Trinajstić information content (AvgIpc) is 3.16. The molecule has 0 spiro atoms. The van der Waals surface area contributed by atoms with Gasteiger partial charge in [0, 0.05) is 36.0 Å². The smallest absolute Gasteiger partial charge is 0.310 e. The highest BCUT2D eigenvalue weighted by Gasteiger charge is 2.31. The lowest BCUT2D eigenvalue weighted by atomic mass is 9.94. The highest BCUT2D eigenvalue weighted by molar-refractivity contribution is 6.32. The van der Waals surface area contributed by atoms with Gasteiger partial charge >= 0.3 is 5.97 Å². The molecule has 0 N–H and O–H groups in total. The molecule has 1 aliphatic heterocycles. The standard InChI is InChI=1S/C27H25BClNO4/c1-2-33-27(32)13-18-4-3-5-24(12-18)34-25-11-8-22(28)14-21(25)17-30-16-20(15-26(30)31)19-6-9-23(29)10-7-19/h3-12,14,20H,2,13,15-17H2,1H3. The zero-order chi connectivity index (χ0) is 24.1. The van der Waals surface area contributed by atoms with Crippen molar-refractivity contribution in [2.75, 3.05) is 13.2 Å². The number of amides is 1. The quantitative estimate of drug-likeness (QED) is 0.356. The molecule has 3 aromatic carbocycles. The fourth-order valence-electron chi connectivity index (χ4n) is 4.14. The molecule has 2 radical (unpaired) electrons. The van der Waals surface area contributed by atoms with Gasteiger partial charge in [-0.25, -0.2) is 0 Å². The molecule has 0 bridgehead atoms. The molecule has 0 aromatic heterocycles. The van der Waals surface area contributed by atoms with E-state index in [4.69, 9.17) is 28.9 Å². The van der Waals surface area contributed by atoms with E-state index in [1.54, 1.807) is 19.1 Å². The number of likely N-dealkylation sites (tertiary alicyclic amines) is 1. The van der Waals surface area contributed by atoms with Crippen molar-refractivity contribution in [2.45, 2.75) is 32.2 Å². The zero-order valence-electron chi connectivity index (χ0n) is 19.0. The Hall–Kier alpha value is -3.25. The highest BCUT2D eigenvalue weighted by atomic mass is 35.5. The van der Waals surface area contributed by atoms with E-state index in [9.17, 15) is 9.59 Å². The van der Waals surface area contributed by atoms with E-state index in [0.29, 0.717) is 48.1 Å². The Bertz CT molecular complexity index is 1180. The maximum Gasteiger partial charge on any atom is 0.310 e. The van der Waals surface area contributed by atoms with Gasteiger partial charge in [-0.15, -0.1) is 0 Å². The van der Waals surface area contributed by atoms with E-state index in [-0.39, 0.29) is 24.2 Å². The first-order valence-electron chi connectivity index (χ1n) is 11.3. The fourth-order valence-corrected chi connectivity index (χ4v) is 4.26. The molecule has 1 heterocycles. The molecule has 172 valence electrons. The number of carbonyl (C=O) groups is 2. The molecule has 4 rings (SSSR count). The van der Waals surface area contributed by atoms with Crippen LogP contribution >= 0.6 is 11.6 Å². The normalized spacial score (nSPS) is 15.4. The maximum atomic E-state index is 12.8. The van der Waals surface area contributed by atoms with Crippen LogP contribution in [0, 0.1) is 0 Å². The molecule has 1 atom stereocenters. The summed E-state index contributed by atoms with van der Waals surface area (Å²) >= 11 is 6.00. The van der Waals surface area contributed by atoms with Crippen molar-refractivity contribution in [3.8, 4) is 11.5 Å². The predicted molar refractivity (Wildman–Crippen MR) is 133 cm³/mol. The van der Waals surface area contributed by atoms with Crippen LogP contribution in [0.15, 0.2) is 66.7 Å². The van der Waals surface area contributed by atoms with Gasteiger partial charge in [-0.1, -0.05) is 53.5 Å². The summed E-state index contributed by atoms with van der Waals surface area (Å²) in [7, 11) is 6.05. The number of carbonyl (C=O) groups excluding carboxylic acids is 2. The van der Waals surface area contributed by atoms with E-state index in [1.165, 1.54) is 0 Å². The van der Waals surface area contributed by atoms with Crippen LogP contribution in [0.25, 0.3) is 0 Å². The van der Waals surface area contributed by atoms with Crippen molar-refractivity contribution in [3.63, 3.8) is 0 Å². The van der Waals surface area contributed by atoms with E-state index in [1.807, 2.05) is 59.5 Å². The van der Waals surface area contributed by atoms with Gasteiger partial charge in [0.15, 0.2) is 0 Å². The van der Waals surface area contributed by atoms with Crippen molar-refractivity contribution < 1.29 is 19.1 Å². The number of hydrogen-bond donors (Lipinski definition) is 0. The zero-order valence-corrected chi connectivity index (χ0v) is 19.8. The number of halogens is 1. The third kappa shape index (κ3) is 6.00. The molecule has 1 amide bonds. The van der Waals surface area contributed by atoms with Crippen molar-refractivity contribution in [1.29, 1.82) is 0 Å². The second-order valence-corrected chi connectivity index (χ2v) is 8.76. The number of hydrogen-bond acceptors (Lipinski definition) is 4. The van der Waals surface area contributed by atoms with Crippen molar-refractivity contribution in [2.24, 2.45) is 0 Å². The van der Waals surface area contributed by atoms with Gasteiger partial charge in [0.05, 0.1) is 13.0 Å². The molecular formula is C27H25BClNO4. The van der Waals surface area contributed by atoms with E-state index in [2.05, 4.69) is 0 Å². The van der Waals surface area contributed by atoms with Gasteiger partial charge in [0.2, 0.25) is 5.91 Å². The third-order valence-corrected chi connectivity index (χ3v) is 6.03. The van der Waals surface area contributed by atoms with Crippen molar-refractivity contribution >= 4 is 36.8 Å². The Morgan fingerprint density at radius 1 is 1.12 bits per heavy atom. The Labute approximate surface area is 206 Å². The first-order valence-corrected chi connectivity index (χ1v) is 11.6. The van der Waals surface area contributed by atoms with Crippen LogP contribution in [-0.4, -0.2) is 37.8 Å². The molecule has 5 nitrogen and oxygen atoms in total. The lowest BCUT2D eigenvalue weighted by Crippen LogP contribution is -2.25. The molecule has 1 fully saturated rings. The number of benzene rings is 3. The number of esters is 1. The Morgan fingerprint density at radius 2 is 1.91 bits per heavy atom. The van der Waals surface area contributed by atoms with Gasteiger partial charge in [-0.3, -0.25) is 9.59 Å². The van der Waals surface area contributed by atoms with Gasteiger partial charge in [0.1, 0.15) is 19.3 Å². The molecule has 1 saturated heterocycles. The minimum Gasteiger partial charge on any atom is -0.466 e. The molecule has 34 heavy (non-hydrogen) atoms. The lowest BCUT2D eigenvalue weighted by molar-refractivity contribution is -0.142. The molecular weight excluding hydrogens is 449 g/mol. The first-order chi connectivity index (χ1) is 16.4. The summed E-state index contributed by atoms with van der Waals surface area (Å²) in [6.45, 7) is 3.14. The number of rotatable bonds is 8. The van der Waals surface area contributed by atoms with Crippen LogP contribution in [0.1, 0.15) is 36.0 Å². The van der Waals surface area contributed by atoms with Gasteiger partial charge in [0.25, 0.3) is 0 Å². The second kappa shape index (κ2) is 10.8. The van der Waals surface area contributed by atoms with E-state index >= 15 is 0 Å². The lowest BCUT2D eigenvalue weighted by Gasteiger charge is -2.20. The predicted octanol–water partition coefficient (Wildman–Crippen LogP) is 4.55.